The molecule has 0 bridgehead atoms. The molecule has 0 radical (unpaired) electrons. The largest absolute Gasteiger partial charge is 0.502 e. The summed E-state index contributed by atoms with van der Waals surface area (Å²) in [7, 11) is 1.31. The fraction of sp³-hybridized carbons (Fsp3) is 0.400. The van der Waals surface area contributed by atoms with Gasteiger partial charge in [-0.1, -0.05) is 6.07 Å². The smallest absolute Gasteiger partial charge is 0.310 e. The third-order valence-electron chi connectivity index (χ3n) is 2.32. The number of nitrogens with two attached hydrogens (primary N) is 1. The molecular weight excluding hydrogens is 228 g/mol. The predicted octanol–water partition coefficient (Wildman–Crippen LogP) is 0.135. The van der Waals surface area contributed by atoms with E-state index in [1.165, 1.54) is 25.3 Å². The number of methoxy groups -OCH3 is 1. The van der Waals surface area contributed by atoms with Crippen molar-refractivity contribution < 1.29 is 19.9 Å². The molecular formula is C10H14N2O5. The lowest BCUT2D eigenvalue weighted by molar-refractivity contribution is -0.385. The monoisotopic (exact) mass is 242 g/mol. The summed E-state index contributed by atoms with van der Waals surface area (Å²) in [5.74, 6) is -0.403. The maximum atomic E-state index is 10.6. The molecule has 2 atom stereocenters. The Morgan fingerprint density at radius 2 is 2.24 bits per heavy atom. The minimum absolute atomic E-state index is 0.204. The molecule has 1 rings (SSSR count). The second kappa shape index (κ2) is 5.58. The van der Waals surface area contributed by atoms with Crippen molar-refractivity contribution in [2.75, 3.05) is 7.11 Å². The van der Waals surface area contributed by atoms with Gasteiger partial charge < -0.3 is 20.7 Å². The number of phenolic OH excluding ortho intramolecular Hbond substituents is 1. The molecule has 0 saturated carbocycles. The van der Waals surface area contributed by atoms with Gasteiger partial charge in [-0.25, -0.2) is 0 Å². The zero-order valence-electron chi connectivity index (χ0n) is 9.24. The number of aliphatic hydroxyl groups excluding tert-OH is 1. The van der Waals surface area contributed by atoms with Gasteiger partial charge in [0.2, 0.25) is 0 Å². The molecule has 2 unspecified atom stereocenters. The highest BCUT2D eigenvalue weighted by Crippen LogP contribution is 2.26. The first kappa shape index (κ1) is 13.4. The van der Waals surface area contributed by atoms with E-state index in [9.17, 15) is 20.3 Å². The average molecular weight is 242 g/mol. The number of nitro groups is 1. The highest BCUT2D eigenvalue weighted by atomic mass is 16.6. The fourth-order valence-electron chi connectivity index (χ4n) is 1.39. The van der Waals surface area contributed by atoms with Crippen LogP contribution in [-0.4, -0.2) is 34.6 Å². The fourth-order valence-corrected chi connectivity index (χ4v) is 1.39. The number of rotatable bonds is 5. The van der Waals surface area contributed by atoms with Gasteiger partial charge in [-0.3, -0.25) is 10.1 Å². The Labute approximate surface area is 97.6 Å². The topological polar surface area (TPSA) is 119 Å². The second-order valence-corrected chi connectivity index (χ2v) is 3.57. The standard InChI is InChI=1S/C10H14N2O5/c1-17-10(14)7(11)4-6-2-3-9(13)8(5-6)12(15)16/h2-3,5,7,10,13-14H,4,11H2,1H3. The second-order valence-electron chi connectivity index (χ2n) is 3.57. The zero-order chi connectivity index (χ0) is 13.0. The van der Waals surface area contributed by atoms with Crippen LogP contribution in [0.15, 0.2) is 18.2 Å². The van der Waals surface area contributed by atoms with Crippen molar-refractivity contribution >= 4 is 5.69 Å². The van der Waals surface area contributed by atoms with Gasteiger partial charge in [-0.2, -0.15) is 0 Å². The quantitative estimate of drug-likeness (QED) is 0.383. The van der Waals surface area contributed by atoms with Gasteiger partial charge in [0.1, 0.15) is 0 Å². The van der Waals surface area contributed by atoms with Crippen molar-refractivity contribution in [1.29, 1.82) is 0 Å². The molecule has 0 aliphatic carbocycles. The van der Waals surface area contributed by atoms with Gasteiger partial charge in [0, 0.05) is 13.2 Å². The van der Waals surface area contributed by atoms with Crippen LogP contribution in [0.1, 0.15) is 5.56 Å². The van der Waals surface area contributed by atoms with E-state index in [-0.39, 0.29) is 12.1 Å². The van der Waals surface area contributed by atoms with Gasteiger partial charge in [0.15, 0.2) is 12.0 Å². The molecule has 0 aromatic heterocycles. The average Bonchev–Trinajstić information content (AvgIpc) is 2.30. The molecule has 0 aliphatic rings. The normalized spacial score (nSPS) is 14.3. The third kappa shape index (κ3) is 3.38. The Morgan fingerprint density at radius 3 is 2.76 bits per heavy atom. The summed E-state index contributed by atoms with van der Waals surface area (Å²) >= 11 is 0. The van der Waals surface area contributed by atoms with Crippen LogP contribution in [0.3, 0.4) is 0 Å². The molecule has 0 amide bonds. The number of ether oxygens (including phenoxy) is 1. The highest BCUT2D eigenvalue weighted by molar-refractivity contribution is 5.47. The van der Waals surface area contributed by atoms with Gasteiger partial charge in [0.25, 0.3) is 0 Å². The van der Waals surface area contributed by atoms with Crippen molar-refractivity contribution in [3.63, 3.8) is 0 Å². The van der Waals surface area contributed by atoms with Crippen molar-refractivity contribution in [3.8, 4) is 5.75 Å². The van der Waals surface area contributed by atoms with Gasteiger partial charge in [-0.05, 0) is 18.1 Å². The first-order chi connectivity index (χ1) is 7.95. The zero-order valence-corrected chi connectivity index (χ0v) is 9.24. The lowest BCUT2D eigenvalue weighted by Gasteiger charge is -2.16. The summed E-state index contributed by atoms with van der Waals surface area (Å²) in [5, 5.41) is 29.1. The lowest BCUT2D eigenvalue weighted by Crippen LogP contribution is -2.37. The molecule has 0 aliphatic heterocycles. The number of phenols is 1. The van der Waals surface area contributed by atoms with Crippen LogP contribution in [0, 0.1) is 10.1 Å². The molecule has 1 aromatic carbocycles. The predicted molar refractivity (Wildman–Crippen MR) is 59.5 cm³/mol. The molecule has 0 fully saturated rings. The van der Waals surface area contributed by atoms with Crippen molar-refractivity contribution in [2.45, 2.75) is 18.8 Å². The molecule has 1 aromatic rings. The summed E-state index contributed by atoms with van der Waals surface area (Å²) in [4.78, 5) is 9.91. The first-order valence-electron chi connectivity index (χ1n) is 4.88. The summed E-state index contributed by atoms with van der Waals surface area (Å²) in [6.07, 6.45) is -0.932. The summed E-state index contributed by atoms with van der Waals surface area (Å²) in [5.41, 5.74) is 5.77. The summed E-state index contributed by atoms with van der Waals surface area (Å²) in [6.45, 7) is 0. The minimum atomic E-state index is -1.14. The molecule has 0 saturated heterocycles. The summed E-state index contributed by atoms with van der Waals surface area (Å²) in [6, 6.07) is 3.26. The first-order valence-corrected chi connectivity index (χ1v) is 4.88. The maximum Gasteiger partial charge on any atom is 0.310 e. The van der Waals surface area contributed by atoms with E-state index >= 15 is 0 Å². The Balaban J connectivity index is 2.86. The van der Waals surface area contributed by atoms with E-state index < -0.39 is 23.0 Å². The van der Waals surface area contributed by atoms with Crippen molar-refractivity contribution in [1.82, 2.24) is 0 Å². The SMILES string of the molecule is COC(O)C(N)Cc1ccc(O)c([N+](=O)[O-])c1. The number of nitro benzene ring substituents is 1. The van der Waals surface area contributed by atoms with Gasteiger partial charge >= 0.3 is 5.69 Å². The Hall–Kier alpha value is -1.70. The van der Waals surface area contributed by atoms with Crippen LogP contribution < -0.4 is 5.73 Å². The van der Waals surface area contributed by atoms with E-state index in [0.717, 1.165) is 0 Å². The number of nitrogens with zero attached hydrogens (tertiary/aromatic N) is 1. The number of hydrogen-bond donors (Lipinski definition) is 3. The molecule has 7 heteroatoms. The molecule has 0 spiro atoms. The maximum absolute atomic E-state index is 10.6. The molecule has 17 heavy (non-hydrogen) atoms. The van der Waals surface area contributed by atoms with Crippen LogP contribution in [0.5, 0.6) is 5.75 Å². The Kier molecular flexibility index (Phi) is 4.38. The third-order valence-corrected chi connectivity index (χ3v) is 2.32. The van der Waals surface area contributed by atoms with Crippen LogP contribution in [0.2, 0.25) is 0 Å². The van der Waals surface area contributed by atoms with Gasteiger partial charge in [-0.15, -0.1) is 0 Å². The van der Waals surface area contributed by atoms with E-state index in [1.807, 2.05) is 0 Å². The summed E-state index contributed by atoms with van der Waals surface area (Å²) < 4.78 is 4.63. The van der Waals surface area contributed by atoms with E-state index in [0.29, 0.717) is 5.56 Å². The van der Waals surface area contributed by atoms with Crippen LogP contribution in [0.4, 0.5) is 5.69 Å². The number of hydrogen-bond acceptors (Lipinski definition) is 6. The van der Waals surface area contributed by atoms with Gasteiger partial charge in [0.05, 0.1) is 11.0 Å². The lowest BCUT2D eigenvalue weighted by atomic mass is 10.1. The van der Waals surface area contributed by atoms with Crippen LogP contribution >= 0.6 is 0 Å². The minimum Gasteiger partial charge on any atom is -0.502 e. The van der Waals surface area contributed by atoms with Crippen molar-refractivity contribution in [2.24, 2.45) is 5.73 Å². The molecule has 0 heterocycles. The van der Waals surface area contributed by atoms with E-state index in [2.05, 4.69) is 4.74 Å². The highest BCUT2D eigenvalue weighted by Gasteiger charge is 2.18. The molecule has 94 valence electrons. The van der Waals surface area contributed by atoms with E-state index in [1.54, 1.807) is 0 Å². The van der Waals surface area contributed by atoms with E-state index in [4.69, 9.17) is 5.73 Å². The Morgan fingerprint density at radius 1 is 1.59 bits per heavy atom. The van der Waals surface area contributed by atoms with Crippen molar-refractivity contribution in [3.05, 3.63) is 33.9 Å². The number of benzene rings is 1. The van der Waals surface area contributed by atoms with Crippen LogP contribution in [0.25, 0.3) is 0 Å². The Bertz CT molecular complexity index is 410. The van der Waals surface area contributed by atoms with Crippen LogP contribution in [-0.2, 0) is 11.2 Å². The molecule has 4 N–H and O–H groups in total. The number of aromatic hydroxyl groups is 1. The molecule has 7 nitrogen and oxygen atoms in total. The number of aliphatic hydroxyl groups is 1.